The molecule has 0 unspecified atom stereocenters. The smallest absolute Gasteiger partial charge is 0.0924 e. The van der Waals surface area contributed by atoms with Gasteiger partial charge in [0.05, 0.1) is 5.01 Å². The summed E-state index contributed by atoms with van der Waals surface area (Å²) in [7, 11) is 0. The molecule has 1 heterocycles. The fourth-order valence-electron chi connectivity index (χ4n) is 0.858. The van der Waals surface area contributed by atoms with Crippen LogP contribution >= 0.6 is 11.3 Å². The van der Waals surface area contributed by atoms with Gasteiger partial charge in [0.2, 0.25) is 0 Å². The summed E-state index contributed by atoms with van der Waals surface area (Å²) in [5.41, 5.74) is 0.436. The molecule has 1 nitrogen and oxygen atoms in total. The first-order valence-corrected chi connectivity index (χ1v) is 4.84. The van der Waals surface area contributed by atoms with Crippen molar-refractivity contribution in [3.63, 3.8) is 0 Å². The van der Waals surface area contributed by atoms with Gasteiger partial charge in [0.1, 0.15) is 0 Å². The van der Waals surface area contributed by atoms with Crippen molar-refractivity contribution in [2.24, 2.45) is 5.41 Å². The van der Waals surface area contributed by atoms with Gasteiger partial charge in [0.25, 0.3) is 0 Å². The summed E-state index contributed by atoms with van der Waals surface area (Å²) >= 11 is 1.75. The molecule has 0 bridgehead atoms. The normalized spacial score (nSPS) is 11.9. The van der Waals surface area contributed by atoms with Crippen LogP contribution in [-0.4, -0.2) is 4.98 Å². The van der Waals surface area contributed by atoms with E-state index in [0.29, 0.717) is 5.41 Å². The maximum Gasteiger partial charge on any atom is 0.0924 e. The van der Waals surface area contributed by atoms with E-state index in [4.69, 9.17) is 0 Å². The van der Waals surface area contributed by atoms with E-state index in [0.717, 1.165) is 6.42 Å². The molecule has 0 radical (unpaired) electrons. The second-order valence-corrected chi connectivity index (χ2v) is 4.97. The Kier molecular flexibility index (Phi) is 2.66. The van der Waals surface area contributed by atoms with E-state index in [1.165, 1.54) is 11.4 Å². The molecule has 0 fully saturated rings. The Bertz CT molecular complexity index is 196. The summed E-state index contributed by atoms with van der Waals surface area (Å²) in [5.74, 6) is 0. The molecule has 1 rings (SSSR count). The summed E-state index contributed by atoms with van der Waals surface area (Å²) in [6.07, 6.45) is 4.23. The fraction of sp³-hybridized carbons (Fsp3) is 0.667. The van der Waals surface area contributed by atoms with Crippen molar-refractivity contribution in [2.45, 2.75) is 33.6 Å². The summed E-state index contributed by atoms with van der Waals surface area (Å²) < 4.78 is 0. The van der Waals surface area contributed by atoms with Crippen LogP contribution in [0.2, 0.25) is 0 Å². The van der Waals surface area contributed by atoms with Crippen LogP contribution < -0.4 is 0 Å². The second-order valence-electron chi connectivity index (χ2n) is 3.99. The van der Waals surface area contributed by atoms with Crippen LogP contribution in [0.4, 0.5) is 0 Å². The van der Waals surface area contributed by atoms with Crippen molar-refractivity contribution in [3.8, 4) is 0 Å². The minimum absolute atomic E-state index is 0.436. The van der Waals surface area contributed by atoms with Gasteiger partial charge in [0, 0.05) is 11.6 Å². The third kappa shape index (κ3) is 3.51. The second kappa shape index (κ2) is 3.35. The van der Waals surface area contributed by atoms with E-state index < -0.39 is 0 Å². The number of aryl methyl sites for hydroxylation is 1. The van der Waals surface area contributed by atoms with Gasteiger partial charge < -0.3 is 0 Å². The highest BCUT2D eigenvalue weighted by Crippen LogP contribution is 2.21. The largest absolute Gasteiger partial charge is 0.250 e. The van der Waals surface area contributed by atoms with E-state index in [1.54, 1.807) is 11.3 Å². The van der Waals surface area contributed by atoms with Gasteiger partial charge in [-0.1, -0.05) is 20.8 Å². The van der Waals surface area contributed by atoms with Crippen molar-refractivity contribution in [1.82, 2.24) is 4.98 Å². The Morgan fingerprint density at radius 3 is 2.64 bits per heavy atom. The highest BCUT2D eigenvalue weighted by molar-refractivity contribution is 7.09. The lowest BCUT2D eigenvalue weighted by molar-refractivity contribution is 0.378. The summed E-state index contributed by atoms with van der Waals surface area (Å²) in [6.45, 7) is 6.79. The number of rotatable bonds is 2. The minimum Gasteiger partial charge on any atom is -0.250 e. The first-order valence-electron chi connectivity index (χ1n) is 3.96. The molecule has 2 heteroatoms. The molecule has 0 amide bonds. The fourth-order valence-corrected chi connectivity index (χ4v) is 1.48. The van der Waals surface area contributed by atoms with Gasteiger partial charge in [-0.2, -0.15) is 0 Å². The first-order chi connectivity index (χ1) is 5.08. The zero-order chi connectivity index (χ0) is 8.32. The first kappa shape index (κ1) is 8.72. The molecule has 0 spiro atoms. The van der Waals surface area contributed by atoms with Crippen molar-refractivity contribution in [2.75, 3.05) is 0 Å². The standard InChI is InChI=1S/C9H15NS/c1-9(2,3)5-4-8-10-6-7-11-8/h6-7H,4-5H2,1-3H3. The van der Waals surface area contributed by atoms with Crippen LogP contribution in [0.5, 0.6) is 0 Å². The summed E-state index contributed by atoms with van der Waals surface area (Å²) in [5, 5.41) is 3.30. The number of thiazole rings is 1. The summed E-state index contributed by atoms with van der Waals surface area (Å²) in [4.78, 5) is 4.24. The van der Waals surface area contributed by atoms with Crippen molar-refractivity contribution < 1.29 is 0 Å². The number of nitrogens with zero attached hydrogens (tertiary/aromatic N) is 1. The van der Waals surface area contributed by atoms with Gasteiger partial charge in [0.15, 0.2) is 0 Å². The number of hydrogen-bond acceptors (Lipinski definition) is 2. The third-order valence-corrected chi connectivity index (χ3v) is 2.41. The molecule has 62 valence electrons. The maximum absolute atomic E-state index is 4.24. The van der Waals surface area contributed by atoms with Crippen molar-refractivity contribution >= 4 is 11.3 Å². The van der Waals surface area contributed by atoms with E-state index in [9.17, 15) is 0 Å². The molecule has 0 saturated heterocycles. The highest BCUT2D eigenvalue weighted by atomic mass is 32.1. The molecular formula is C9H15NS. The van der Waals surface area contributed by atoms with Gasteiger partial charge in [-0.15, -0.1) is 11.3 Å². The van der Waals surface area contributed by atoms with E-state index in [-0.39, 0.29) is 0 Å². The zero-order valence-electron chi connectivity index (χ0n) is 7.42. The summed E-state index contributed by atoms with van der Waals surface area (Å²) in [6, 6.07) is 0. The SMILES string of the molecule is CC(C)(C)CCc1nccs1. The topological polar surface area (TPSA) is 12.9 Å². The van der Waals surface area contributed by atoms with E-state index in [2.05, 4.69) is 25.8 Å². The monoisotopic (exact) mass is 169 g/mol. The van der Waals surface area contributed by atoms with Crippen LogP contribution in [0.25, 0.3) is 0 Å². The molecule has 1 aromatic rings. The molecule has 0 atom stereocenters. The molecule has 0 aromatic carbocycles. The van der Waals surface area contributed by atoms with Crippen LogP contribution in [-0.2, 0) is 6.42 Å². The molecule has 0 aliphatic heterocycles. The quantitative estimate of drug-likeness (QED) is 0.663. The molecule has 0 saturated carbocycles. The van der Waals surface area contributed by atoms with Crippen LogP contribution in [0.1, 0.15) is 32.2 Å². The Labute approximate surface area is 72.5 Å². The Hall–Kier alpha value is -0.370. The average Bonchev–Trinajstić information content (AvgIpc) is 2.32. The van der Waals surface area contributed by atoms with Crippen LogP contribution in [0, 0.1) is 5.41 Å². The lowest BCUT2D eigenvalue weighted by Crippen LogP contribution is -2.05. The van der Waals surface area contributed by atoms with Gasteiger partial charge in [-0.05, 0) is 18.3 Å². The van der Waals surface area contributed by atoms with Crippen LogP contribution in [0.15, 0.2) is 11.6 Å². The minimum atomic E-state index is 0.436. The van der Waals surface area contributed by atoms with Crippen LogP contribution in [0.3, 0.4) is 0 Å². The van der Waals surface area contributed by atoms with Gasteiger partial charge in [-0.25, -0.2) is 4.98 Å². The molecule has 1 aromatic heterocycles. The molecule has 11 heavy (non-hydrogen) atoms. The molecule has 0 aliphatic carbocycles. The molecule has 0 N–H and O–H groups in total. The number of hydrogen-bond donors (Lipinski definition) is 0. The lowest BCUT2D eigenvalue weighted by atomic mass is 9.91. The van der Waals surface area contributed by atoms with Gasteiger partial charge in [-0.3, -0.25) is 0 Å². The molecule has 0 aliphatic rings. The Morgan fingerprint density at radius 2 is 2.18 bits per heavy atom. The average molecular weight is 169 g/mol. The third-order valence-electron chi connectivity index (χ3n) is 1.57. The number of aromatic nitrogens is 1. The van der Waals surface area contributed by atoms with Crippen molar-refractivity contribution in [3.05, 3.63) is 16.6 Å². The van der Waals surface area contributed by atoms with E-state index >= 15 is 0 Å². The zero-order valence-corrected chi connectivity index (χ0v) is 8.24. The lowest BCUT2D eigenvalue weighted by Gasteiger charge is -2.16. The Morgan fingerprint density at radius 1 is 1.45 bits per heavy atom. The molecular weight excluding hydrogens is 154 g/mol. The predicted molar refractivity (Wildman–Crippen MR) is 49.9 cm³/mol. The van der Waals surface area contributed by atoms with Crippen molar-refractivity contribution in [1.29, 1.82) is 0 Å². The maximum atomic E-state index is 4.24. The predicted octanol–water partition coefficient (Wildman–Crippen LogP) is 3.12. The van der Waals surface area contributed by atoms with E-state index in [1.807, 2.05) is 11.6 Å². The Balaban J connectivity index is 2.35. The highest BCUT2D eigenvalue weighted by Gasteiger charge is 2.10. The van der Waals surface area contributed by atoms with Gasteiger partial charge >= 0.3 is 0 Å².